The first-order chi connectivity index (χ1) is 9.50. The molecule has 1 heterocycles. The lowest BCUT2D eigenvalue weighted by Crippen LogP contribution is -2.55. The Kier molecular flexibility index (Phi) is 8.78. The van der Waals surface area contributed by atoms with E-state index >= 15 is 0 Å². The lowest BCUT2D eigenvalue weighted by molar-refractivity contribution is -0.00923. The second-order valence-corrected chi connectivity index (χ2v) is 5.68. The number of para-hydroxylation sites is 1. The highest BCUT2D eigenvalue weighted by molar-refractivity contribution is 5.99. The van der Waals surface area contributed by atoms with E-state index in [0.717, 1.165) is 26.3 Å². The number of carbonyl (C=O) groups is 1. The molecule has 5 nitrogen and oxygen atoms in total. The van der Waals surface area contributed by atoms with Gasteiger partial charge in [0, 0.05) is 30.9 Å². The van der Waals surface area contributed by atoms with Crippen LogP contribution < -0.4 is 11.1 Å². The lowest BCUT2D eigenvalue weighted by atomic mass is 10.0. The number of amides is 1. The molecule has 0 unspecified atom stereocenters. The van der Waals surface area contributed by atoms with Crippen LogP contribution in [-0.4, -0.2) is 49.2 Å². The Labute approximate surface area is 144 Å². The van der Waals surface area contributed by atoms with Crippen molar-refractivity contribution in [3.8, 4) is 0 Å². The van der Waals surface area contributed by atoms with Crippen molar-refractivity contribution in [1.82, 2.24) is 10.2 Å². The minimum atomic E-state index is -0.121. The summed E-state index contributed by atoms with van der Waals surface area (Å²) in [6, 6.07) is 7.12. The van der Waals surface area contributed by atoms with Crippen LogP contribution in [0.15, 0.2) is 24.3 Å². The molecule has 0 radical (unpaired) electrons. The highest BCUT2D eigenvalue weighted by Crippen LogP contribution is 2.16. The van der Waals surface area contributed by atoms with Crippen LogP contribution in [0.5, 0.6) is 0 Å². The molecule has 1 saturated heterocycles. The molecule has 0 bridgehead atoms. The summed E-state index contributed by atoms with van der Waals surface area (Å²) >= 11 is 0. The number of nitrogen functional groups attached to an aromatic ring is 1. The van der Waals surface area contributed by atoms with Gasteiger partial charge in [0.15, 0.2) is 0 Å². The second-order valence-electron chi connectivity index (χ2n) is 5.68. The molecule has 126 valence electrons. The van der Waals surface area contributed by atoms with Crippen molar-refractivity contribution in [2.75, 3.05) is 38.6 Å². The molecule has 1 aliphatic rings. The van der Waals surface area contributed by atoms with Crippen molar-refractivity contribution in [3.05, 3.63) is 29.8 Å². The number of nitrogens with two attached hydrogens (primary N) is 1. The van der Waals surface area contributed by atoms with E-state index in [2.05, 4.69) is 24.1 Å². The van der Waals surface area contributed by atoms with Gasteiger partial charge in [0.25, 0.3) is 5.91 Å². The van der Waals surface area contributed by atoms with Gasteiger partial charge in [0.05, 0.1) is 18.8 Å². The fourth-order valence-corrected chi connectivity index (χ4v) is 2.38. The van der Waals surface area contributed by atoms with Gasteiger partial charge < -0.3 is 15.8 Å². The van der Waals surface area contributed by atoms with Gasteiger partial charge in [-0.1, -0.05) is 12.1 Å². The van der Waals surface area contributed by atoms with Gasteiger partial charge in [-0.05, 0) is 26.0 Å². The number of hydrogen-bond donors (Lipinski definition) is 2. The van der Waals surface area contributed by atoms with E-state index in [0.29, 0.717) is 17.8 Å². The van der Waals surface area contributed by atoms with E-state index in [-0.39, 0.29) is 36.3 Å². The predicted octanol–water partition coefficient (Wildman–Crippen LogP) is 1.95. The fraction of sp³-hybridized carbons (Fsp3) is 0.533. The molecule has 1 aromatic carbocycles. The summed E-state index contributed by atoms with van der Waals surface area (Å²) in [7, 11) is 0. The Morgan fingerprint density at radius 2 is 1.86 bits per heavy atom. The van der Waals surface area contributed by atoms with E-state index in [1.165, 1.54) is 0 Å². The minimum absolute atomic E-state index is 0. The van der Waals surface area contributed by atoms with Crippen LogP contribution in [-0.2, 0) is 4.74 Å². The third-order valence-electron chi connectivity index (χ3n) is 3.75. The van der Waals surface area contributed by atoms with Crippen molar-refractivity contribution in [3.63, 3.8) is 0 Å². The Hall–Kier alpha value is -1.01. The van der Waals surface area contributed by atoms with Crippen molar-refractivity contribution < 1.29 is 9.53 Å². The summed E-state index contributed by atoms with van der Waals surface area (Å²) in [5, 5.41) is 2.98. The van der Waals surface area contributed by atoms with Crippen molar-refractivity contribution >= 4 is 36.4 Å². The van der Waals surface area contributed by atoms with Crippen LogP contribution in [0.1, 0.15) is 24.2 Å². The first-order valence-electron chi connectivity index (χ1n) is 6.96. The standard InChI is InChI=1S/C15H23N3O2.2ClH/c1-15(2,18-7-9-20-10-8-18)11-17-14(19)12-5-3-4-6-13(12)16;;/h3-6H,7-11,16H2,1-2H3,(H,17,19);2*1H. The van der Waals surface area contributed by atoms with E-state index in [1.807, 2.05) is 12.1 Å². The van der Waals surface area contributed by atoms with Crippen molar-refractivity contribution in [2.24, 2.45) is 0 Å². The van der Waals surface area contributed by atoms with E-state index in [4.69, 9.17) is 10.5 Å². The SMILES string of the molecule is CC(C)(CNC(=O)c1ccccc1N)N1CCOCC1.Cl.Cl. The summed E-state index contributed by atoms with van der Waals surface area (Å²) in [6.07, 6.45) is 0. The molecule has 1 aliphatic heterocycles. The average Bonchev–Trinajstić information content (AvgIpc) is 2.46. The Morgan fingerprint density at radius 1 is 1.27 bits per heavy atom. The Balaban J connectivity index is 0.00000220. The first-order valence-corrected chi connectivity index (χ1v) is 6.96. The maximum atomic E-state index is 12.2. The molecule has 1 amide bonds. The number of anilines is 1. The van der Waals surface area contributed by atoms with Gasteiger partial charge in [0.2, 0.25) is 0 Å². The molecule has 2 rings (SSSR count). The van der Waals surface area contributed by atoms with Gasteiger partial charge in [-0.3, -0.25) is 9.69 Å². The van der Waals surface area contributed by atoms with Crippen LogP contribution in [0.2, 0.25) is 0 Å². The van der Waals surface area contributed by atoms with Crippen LogP contribution in [0.3, 0.4) is 0 Å². The van der Waals surface area contributed by atoms with Crippen molar-refractivity contribution in [1.29, 1.82) is 0 Å². The molecule has 3 N–H and O–H groups in total. The number of morpholine rings is 1. The van der Waals surface area contributed by atoms with Crippen LogP contribution in [0.4, 0.5) is 5.69 Å². The molecule has 22 heavy (non-hydrogen) atoms. The highest BCUT2D eigenvalue weighted by atomic mass is 35.5. The summed E-state index contributed by atoms with van der Waals surface area (Å²) in [6.45, 7) is 8.15. The highest BCUT2D eigenvalue weighted by Gasteiger charge is 2.28. The second kappa shape index (κ2) is 9.20. The zero-order valence-electron chi connectivity index (χ0n) is 13.0. The molecular formula is C15H25Cl2N3O2. The molecule has 1 fully saturated rings. The number of nitrogens with zero attached hydrogens (tertiary/aromatic N) is 1. The molecule has 0 aromatic heterocycles. The number of hydrogen-bond acceptors (Lipinski definition) is 4. The summed E-state index contributed by atoms with van der Waals surface area (Å²) in [4.78, 5) is 14.5. The number of nitrogens with one attached hydrogen (secondary N) is 1. The number of rotatable bonds is 4. The summed E-state index contributed by atoms with van der Waals surface area (Å²) < 4.78 is 5.36. The average molecular weight is 350 g/mol. The van der Waals surface area contributed by atoms with Crippen molar-refractivity contribution in [2.45, 2.75) is 19.4 Å². The lowest BCUT2D eigenvalue weighted by Gasteiger charge is -2.40. The number of benzene rings is 1. The first kappa shape index (κ1) is 21.0. The fourth-order valence-electron chi connectivity index (χ4n) is 2.38. The maximum absolute atomic E-state index is 12.2. The normalized spacial score (nSPS) is 15.4. The minimum Gasteiger partial charge on any atom is -0.398 e. The molecule has 0 aliphatic carbocycles. The van der Waals surface area contributed by atoms with Gasteiger partial charge >= 0.3 is 0 Å². The topological polar surface area (TPSA) is 67.6 Å². The molecule has 0 spiro atoms. The quantitative estimate of drug-likeness (QED) is 0.815. The number of ether oxygens (including phenoxy) is 1. The number of carbonyl (C=O) groups excluding carboxylic acids is 1. The van der Waals surface area contributed by atoms with Crippen LogP contribution in [0, 0.1) is 0 Å². The molecule has 7 heteroatoms. The zero-order chi connectivity index (χ0) is 14.6. The molecule has 1 aromatic rings. The monoisotopic (exact) mass is 349 g/mol. The van der Waals surface area contributed by atoms with Crippen LogP contribution in [0.25, 0.3) is 0 Å². The maximum Gasteiger partial charge on any atom is 0.253 e. The zero-order valence-corrected chi connectivity index (χ0v) is 14.6. The van der Waals surface area contributed by atoms with E-state index < -0.39 is 0 Å². The smallest absolute Gasteiger partial charge is 0.253 e. The molecule has 0 saturated carbocycles. The van der Waals surface area contributed by atoms with E-state index in [9.17, 15) is 4.79 Å². The molecular weight excluding hydrogens is 325 g/mol. The largest absolute Gasteiger partial charge is 0.398 e. The summed E-state index contributed by atoms with van der Waals surface area (Å²) in [5.41, 5.74) is 6.76. The van der Waals surface area contributed by atoms with Gasteiger partial charge in [0.1, 0.15) is 0 Å². The molecule has 0 atom stereocenters. The Morgan fingerprint density at radius 3 is 2.45 bits per heavy atom. The predicted molar refractivity (Wildman–Crippen MR) is 94.2 cm³/mol. The third-order valence-corrected chi connectivity index (χ3v) is 3.75. The summed E-state index contributed by atoms with van der Waals surface area (Å²) in [5.74, 6) is -0.121. The van der Waals surface area contributed by atoms with Gasteiger partial charge in [-0.2, -0.15) is 0 Å². The van der Waals surface area contributed by atoms with E-state index in [1.54, 1.807) is 12.1 Å². The Bertz CT molecular complexity index is 478. The van der Waals surface area contributed by atoms with Crippen LogP contribution >= 0.6 is 24.8 Å². The van der Waals surface area contributed by atoms with Gasteiger partial charge in [-0.25, -0.2) is 0 Å². The van der Waals surface area contributed by atoms with Gasteiger partial charge in [-0.15, -0.1) is 24.8 Å². The third kappa shape index (κ3) is 5.32. The number of halogens is 2.